The van der Waals surface area contributed by atoms with Gasteiger partial charge in [-0.2, -0.15) is 0 Å². The molecule has 1 aromatic carbocycles. The molecule has 3 rings (SSSR count). The van der Waals surface area contributed by atoms with Crippen molar-refractivity contribution in [3.8, 4) is 5.75 Å². The van der Waals surface area contributed by atoms with Crippen LogP contribution in [0, 0.1) is 6.92 Å². The maximum absolute atomic E-state index is 12.1. The third-order valence-electron chi connectivity index (χ3n) is 3.52. The standard InChI is InChI=1S/C17H14Cl2N2O4S/c1-9-8-26-17-20-12(6-15(22)21(9)17)7-24-16(23)10(2)25-14-4-3-11(18)5-13(14)19/h3-6,8,10H,7H2,1-2H3/t10-/m0/s1. The van der Waals surface area contributed by atoms with E-state index in [0.717, 1.165) is 5.69 Å². The highest BCUT2D eigenvalue weighted by molar-refractivity contribution is 7.15. The van der Waals surface area contributed by atoms with Gasteiger partial charge < -0.3 is 9.47 Å². The van der Waals surface area contributed by atoms with Crippen LogP contribution in [0.1, 0.15) is 18.3 Å². The van der Waals surface area contributed by atoms with E-state index in [-0.39, 0.29) is 12.2 Å². The minimum Gasteiger partial charge on any atom is -0.477 e. The normalized spacial score (nSPS) is 12.2. The lowest BCUT2D eigenvalue weighted by atomic mass is 10.3. The number of rotatable bonds is 5. The Bertz CT molecular complexity index is 1030. The molecule has 0 saturated heterocycles. The van der Waals surface area contributed by atoms with E-state index in [0.29, 0.717) is 26.4 Å². The molecule has 0 saturated carbocycles. The fourth-order valence-electron chi connectivity index (χ4n) is 2.25. The molecule has 0 amide bonds. The molecule has 0 aliphatic carbocycles. The summed E-state index contributed by atoms with van der Waals surface area (Å²) in [4.78, 5) is 29.1. The number of halogens is 2. The third kappa shape index (κ3) is 4.00. The first-order chi connectivity index (χ1) is 12.3. The molecule has 0 N–H and O–H groups in total. The molecule has 6 nitrogen and oxygen atoms in total. The molecular formula is C17H14Cl2N2O4S. The second-order valence-electron chi connectivity index (χ2n) is 5.52. The van der Waals surface area contributed by atoms with Crippen molar-refractivity contribution in [1.29, 1.82) is 0 Å². The molecule has 0 aliphatic heterocycles. The molecule has 9 heteroatoms. The van der Waals surface area contributed by atoms with E-state index in [1.54, 1.807) is 19.1 Å². The van der Waals surface area contributed by atoms with Crippen LogP contribution in [-0.2, 0) is 16.1 Å². The Labute approximate surface area is 162 Å². The van der Waals surface area contributed by atoms with Gasteiger partial charge in [0, 0.05) is 22.2 Å². The topological polar surface area (TPSA) is 69.9 Å². The van der Waals surface area contributed by atoms with Crippen molar-refractivity contribution in [3.05, 3.63) is 61.4 Å². The maximum atomic E-state index is 12.1. The number of esters is 1. The number of carbonyl (C=O) groups excluding carboxylic acids is 1. The fourth-order valence-corrected chi connectivity index (χ4v) is 3.59. The van der Waals surface area contributed by atoms with E-state index < -0.39 is 12.1 Å². The fraction of sp³-hybridized carbons (Fsp3) is 0.235. The molecular weight excluding hydrogens is 399 g/mol. The second-order valence-corrected chi connectivity index (χ2v) is 7.20. The number of hydrogen-bond donors (Lipinski definition) is 0. The molecule has 136 valence electrons. The summed E-state index contributed by atoms with van der Waals surface area (Å²) in [5, 5.41) is 2.60. The van der Waals surface area contributed by atoms with Crippen molar-refractivity contribution in [3.63, 3.8) is 0 Å². The van der Waals surface area contributed by atoms with Crippen molar-refractivity contribution in [2.24, 2.45) is 0 Å². The Morgan fingerprint density at radius 2 is 2.12 bits per heavy atom. The van der Waals surface area contributed by atoms with Gasteiger partial charge in [0.15, 0.2) is 11.1 Å². The molecule has 0 unspecified atom stereocenters. The van der Waals surface area contributed by atoms with Gasteiger partial charge in [-0.1, -0.05) is 23.2 Å². The second kappa shape index (κ2) is 7.65. The van der Waals surface area contributed by atoms with Crippen molar-refractivity contribution in [2.75, 3.05) is 0 Å². The number of hydrogen-bond acceptors (Lipinski definition) is 6. The number of nitrogens with zero attached hydrogens (tertiary/aromatic N) is 2. The Kier molecular flexibility index (Phi) is 5.50. The molecule has 2 aromatic heterocycles. The van der Waals surface area contributed by atoms with Gasteiger partial charge in [-0.25, -0.2) is 9.78 Å². The van der Waals surface area contributed by atoms with E-state index in [4.69, 9.17) is 32.7 Å². The molecule has 3 aromatic rings. The molecule has 0 spiro atoms. The number of carbonyl (C=O) groups is 1. The molecule has 0 radical (unpaired) electrons. The average Bonchev–Trinajstić information content (AvgIpc) is 2.96. The monoisotopic (exact) mass is 412 g/mol. The highest BCUT2D eigenvalue weighted by Crippen LogP contribution is 2.28. The largest absolute Gasteiger partial charge is 0.477 e. The van der Waals surface area contributed by atoms with Crippen LogP contribution in [0.5, 0.6) is 5.75 Å². The predicted molar refractivity (Wildman–Crippen MR) is 100 cm³/mol. The van der Waals surface area contributed by atoms with Crippen molar-refractivity contribution in [2.45, 2.75) is 26.6 Å². The molecule has 0 aliphatic rings. The van der Waals surface area contributed by atoms with Crippen molar-refractivity contribution >= 4 is 45.5 Å². The summed E-state index contributed by atoms with van der Waals surface area (Å²) in [6.07, 6.45) is -0.887. The first-order valence-corrected chi connectivity index (χ1v) is 9.24. The van der Waals surface area contributed by atoms with Gasteiger partial charge in [0.1, 0.15) is 12.4 Å². The minimum absolute atomic E-state index is 0.121. The van der Waals surface area contributed by atoms with Crippen molar-refractivity contribution in [1.82, 2.24) is 9.38 Å². The minimum atomic E-state index is -0.887. The van der Waals surface area contributed by atoms with E-state index in [9.17, 15) is 9.59 Å². The van der Waals surface area contributed by atoms with Gasteiger partial charge in [-0.05, 0) is 32.0 Å². The Morgan fingerprint density at radius 3 is 2.85 bits per heavy atom. The smallest absolute Gasteiger partial charge is 0.347 e. The Balaban J connectivity index is 1.65. The van der Waals surface area contributed by atoms with Gasteiger partial charge >= 0.3 is 5.97 Å². The zero-order valence-electron chi connectivity index (χ0n) is 13.9. The lowest BCUT2D eigenvalue weighted by Crippen LogP contribution is -2.26. The quantitative estimate of drug-likeness (QED) is 0.594. The summed E-state index contributed by atoms with van der Waals surface area (Å²) in [6.45, 7) is 3.25. The van der Waals surface area contributed by atoms with E-state index >= 15 is 0 Å². The third-order valence-corrected chi connectivity index (χ3v) is 4.99. The van der Waals surface area contributed by atoms with Crippen LogP contribution in [0.3, 0.4) is 0 Å². The van der Waals surface area contributed by atoms with Crippen LogP contribution in [0.4, 0.5) is 0 Å². The molecule has 1 atom stereocenters. The van der Waals surface area contributed by atoms with Gasteiger partial charge in [0.2, 0.25) is 0 Å². The maximum Gasteiger partial charge on any atom is 0.347 e. The summed E-state index contributed by atoms with van der Waals surface area (Å²) < 4.78 is 12.2. The number of fused-ring (bicyclic) bond motifs is 1. The average molecular weight is 413 g/mol. The van der Waals surface area contributed by atoms with Gasteiger partial charge in [-0.15, -0.1) is 11.3 Å². The molecule has 26 heavy (non-hydrogen) atoms. The number of aromatic nitrogens is 2. The number of aryl methyl sites for hydroxylation is 1. The van der Waals surface area contributed by atoms with Gasteiger partial charge in [-0.3, -0.25) is 9.20 Å². The number of benzene rings is 1. The van der Waals surface area contributed by atoms with E-state index in [2.05, 4.69) is 4.98 Å². The van der Waals surface area contributed by atoms with Gasteiger partial charge in [0.25, 0.3) is 5.56 Å². The van der Waals surface area contributed by atoms with Crippen LogP contribution in [-0.4, -0.2) is 21.5 Å². The summed E-state index contributed by atoms with van der Waals surface area (Å²) >= 11 is 13.2. The number of thiazole rings is 1. The van der Waals surface area contributed by atoms with E-state index in [1.165, 1.54) is 27.9 Å². The summed E-state index contributed by atoms with van der Waals surface area (Å²) in [5.41, 5.74) is 0.979. The van der Waals surface area contributed by atoms with Crippen LogP contribution in [0.15, 0.2) is 34.4 Å². The SMILES string of the molecule is Cc1csc2nc(COC(=O)[C@H](C)Oc3ccc(Cl)cc3Cl)cc(=O)n12. The van der Waals surface area contributed by atoms with Crippen LogP contribution in [0.2, 0.25) is 10.0 Å². The van der Waals surface area contributed by atoms with Crippen LogP contribution < -0.4 is 10.3 Å². The summed E-state index contributed by atoms with van der Waals surface area (Å²) in [6, 6.07) is 6.05. The zero-order valence-corrected chi connectivity index (χ0v) is 16.2. The molecule has 0 bridgehead atoms. The van der Waals surface area contributed by atoms with Crippen molar-refractivity contribution < 1.29 is 14.3 Å². The number of ether oxygens (including phenoxy) is 2. The highest BCUT2D eigenvalue weighted by atomic mass is 35.5. The van der Waals surface area contributed by atoms with Gasteiger partial charge in [0.05, 0.1) is 10.7 Å². The van der Waals surface area contributed by atoms with E-state index in [1.807, 2.05) is 12.3 Å². The lowest BCUT2D eigenvalue weighted by Gasteiger charge is -2.15. The first kappa shape index (κ1) is 18.7. The highest BCUT2D eigenvalue weighted by Gasteiger charge is 2.18. The zero-order chi connectivity index (χ0) is 18.8. The predicted octanol–water partition coefficient (Wildman–Crippen LogP) is 3.88. The summed E-state index contributed by atoms with van der Waals surface area (Å²) in [7, 11) is 0. The first-order valence-electron chi connectivity index (χ1n) is 7.60. The molecule has 2 heterocycles. The van der Waals surface area contributed by atoms with Crippen LogP contribution in [0.25, 0.3) is 4.96 Å². The van der Waals surface area contributed by atoms with Crippen LogP contribution >= 0.6 is 34.5 Å². The Morgan fingerprint density at radius 1 is 1.35 bits per heavy atom. The Hall–Kier alpha value is -2.09. The summed E-state index contributed by atoms with van der Waals surface area (Å²) in [5.74, 6) is -0.271. The molecule has 0 fully saturated rings. The lowest BCUT2D eigenvalue weighted by molar-refractivity contribution is -0.152.